The Hall–Kier alpha value is -2.70. The average Bonchev–Trinajstić information content (AvgIpc) is 2.86. The Balaban J connectivity index is 2.18. The van der Waals surface area contributed by atoms with Gasteiger partial charge in [-0.3, -0.25) is 9.48 Å². The maximum absolute atomic E-state index is 12.2. The lowest BCUT2D eigenvalue weighted by atomic mass is 9.85. The highest BCUT2D eigenvalue weighted by Gasteiger charge is 2.32. The second-order valence-corrected chi connectivity index (χ2v) is 5.73. The predicted octanol–water partition coefficient (Wildman–Crippen LogP) is 2.23. The number of methoxy groups -OCH3 is 3. The van der Waals surface area contributed by atoms with Gasteiger partial charge < -0.3 is 19.5 Å². The maximum atomic E-state index is 12.2. The van der Waals surface area contributed by atoms with Crippen molar-refractivity contribution in [1.29, 1.82) is 0 Å². The summed E-state index contributed by atoms with van der Waals surface area (Å²) in [5.41, 5.74) is 2.84. The molecule has 1 aliphatic heterocycles. The summed E-state index contributed by atoms with van der Waals surface area (Å²) in [7, 11) is 6.55. The summed E-state index contributed by atoms with van der Waals surface area (Å²) in [4.78, 5) is 12.2. The first-order valence-electron chi connectivity index (χ1n) is 7.63. The van der Waals surface area contributed by atoms with Crippen LogP contribution in [0.2, 0.25) is 0 Å². The van der Waals surface area contributed by atoms with Crippen molar-refractivity contribution in [1.82, 2.24) is 9.78 Å². The molecule has 1 amide bonds. The number of ether oxygens (including phenoxy) is 3. The number of aryl methyl sites for hydroxylation is 2. The molecule has 2 aromatic rings. The summed E-state index contributed by atoms with van der Waals surface area (Å²) in [5.74, 6) is 2.26. The van der Waals surface area contributed by atoms with E-state index in [1.165, 1.54) is 0 Å². The van der Waals surface area contributed by atoms with Crippen LogP contribution >= 0.6 is 0 Å². The number of hydrogen-bond acceptors (Lipinski definition) is 5. The van der Waals surface area contributed by atoms with Crippen molar-refractivity contribution in [2.45, 2.75) is 19.3 Å². The zero-order chi connectivity index (χ0) is 17.4. The number of carbonyl (C=O) groups is 1. The number of anilines is 1. The quantitative estimate of drug-likeness (QED) is 0.930. The molecule has 128 valence electrons. The topological polar surface area (TPSA) is 74.6 Å². The van der Waals surface area contributed by atoms with Crippen LogP contribution in [0.3, 0.4) is 0 Å². The van der Waals surface area contributed by atoms with Crippen LogP contribution in [0.15, 0.2) is 12.1 Å². The smallest absolute Gasteiger partial charge is 0.226 e. The fourth-order valence-corrected chi connectivity index (χ4v) is 3.30. The fraction of sp³-hybridized carbons (Fsp3) is 0.412. The molecule has 0 bridgehead atoms. The van der Waals surface area contributed by atoms with Crippen LogP contribution in [0.4, 0.5) is 5.82 Å². The van der Waals surface area contributed by atoms with Crippen LogP contribution in [0, 0.1) is 6.92 Å². The van der Waals surface area contributed by atoms with Gasteiger partial charge in [0.2, 0.25) is 11.7 Å². The lowest BCUT2D eigenvalue weighted by Gasteiger charge is -2.25. The zero-order valence-corrected chi connectivity index (χ0v) is 14.5. The molecule has 0 radical (unpaired) electrons. The minimum absolute atomic E-state index is 0.0377. The predicted molar refractivity (Wildman–Crippen MR) is 89.1 cm³/mol. The largest absolute Gasteiger partial charge is 0.493 e. The molecule has 7 nitrogen and oxygen atoms in total. The molecular weight excluding hydrogens is 310 g/mol. The van der Waals surface area contributed by atoms with Gasteiger partial charge in [0.25, 0.3) is 0 Å². The summed E-state index contributed by atoms with van der Waals surface area (Å²) in [6.07, 6.45) is 0.345. The minimum Gasteiger partial charge on any atom is -0.493 e. The van der Waals surface area contributed by atoms with Gasteiger partial charge in [-0.05, 0) is 24.6 Å². The number of benzene rings is 1. The lowest BCUT2D eigenvalue weighted by Crippen LogP contribution is -2.24. The molecule has 0 spiro atoms. The third-order valence-electron chi connectivity index (χ3n) is 4.35. The van der Waals surface area contributed by atoms with Gasteiger partial charge in [0.05, 0.1) is 27.0 Å². The number of nitrogens with one attached hydrogen (secondary N) is 1. The van der Waals surface area contributed by atoms with Crippen molar-refractivity contribution in [3.63, 3.8) is 0 Å². The molecular formula is C17H21N3O4. The molecule has 0 aliphatic carbocycles. The average molecular weight is 331 g/mol. The molecule has 7 heteroatoms. The first-order valence-corrected chi connectivity index (χ1v) is 7.63. The third-order valence-corrected chi connectivity index (χ3v) is 4.35. The van der Waals surface area contributed by atoms with Gasteiger partial charge in [-0.2, -0.15) is 5.10 Å². The first kappa shape index (κ1) is 16.2. The van der Waals surface area contributed by atoms with E-state index in [0.717, 1.165) is 22.6 Å². The second kappa shape index (κ2) is 6.07. The summed E-state index contributed by atoms with van der Waals surface area (Å²) in [6.45, 7) is 1.95. The number of amides is 1. The molecule has 1 aromatic carbocycles. The number of hydrogen-bond donors (Lipinski definition) is 1. The molecule has 1 atom stereocenters. The van der Waals surface area contributed by atoms with Crippen LogP contribution in [0.1, 0.15) is 29.2 Å². The molecule has 0 unspecified atom stereocenters. The van der Waals surface area contributed by atoms with E-state index in [0.29, 0.717) is 23.7 Å². The van der Waals surface area contributed by atoms with Gasteiger partial charge >= 0.3 is 0 Å². The summed E-state index contributed by atoms with van der Waals surface area (Å²) >= 11 is 0. The summed E-state index contributed by atoms with van der Waals surface area (Å²) < 4.78 is 17.9. The van der Waals surface area contributed by atoms with E-state index in [1.54, 1.807) is 26.0 Å². The Bertz CT molecular complexity index is 772. The molecule has 0 saturated carbocycles. The lowest BCUT2D eigenvalue weighted by molar-refractivity contribution is -0.116. The molecule has 24 heavy (non-hydrogen) atoms. The van der Waals surface area contributed by atoms with E-state index >= 15 is 0 Å². The summed E-state index contributed by atoms with van der Waals surface area (Å²) in [5, 5.41) is 7.34. The highest BCUT2D eigenvalue weighted by molar-refractivity contribution is 5.94. The van der Waals surface area contributed by atoms with Crippen molar-refractivity contribution < 1.29 is 19.0 Å². The van der Waals surface area contributed by atoms with E-state index in [9.17, 15) is 4.79 Å². The number of carbonyl (C=O) groups excluding carboxylic acids is 1. The third kappa shape index (κ3) is 2.46. The Morgan fingerprint density at radius 3 is 2.33 bits per heavy atom. The van der Waals surface area contributed by atoms with Crippen molar-refractivity contribution in [2.75, 3.05) is 26.6 Å². The van der Waals surface area contributed by atoms with Gasteiger partial charge in [0.15, 0.2) is 11.5 Å². The van der Waals surface area contributed by atoms with Gasteiger partial charge in [0.1, 0.15) is 5.82 Å². The Kier molecular flexibility index (Phi) is 4.09. The maximum Gasteiger partial charge on any atom is 0.226 e. The van der Waals surface area contributed by atoms with E-state index in [-0.39, 0.29) is 11.8 Å². The minimum atomic E-state index is -0.115. The van der Waals surface area contributed by atoms with Crippen molar-refractivity contribution >= 4 is 11.7 Å². The number of fused-ring (bicyclic) bond motifs is 1. The van der Waals surface area contributed by atoms with Crippen LogP contribution in [-0.4, -0.2) is 37.0 Å². The number of rotatable bonds is 4. The van der Waals surface area contributed by atoms with E-state index in [1.807, 2.05) is 26.1 Å². The Morgan fingerprint density at radius 1 is 1.17 bits per heavy atom. The molecule has 3 rings (SSSR count). The molecule has 1 aromatic heterocycles. The Morgan fingerprint density at radius 2 is 1.79 bits per heavy atom. The van der Waals surface area contributed by atoms with Gasteiger partial charge in [-0.25, -0.2) is 0 Å². The first-order chi connectivity index (χ1) is 11.5. The Labute approximate surface area is 140 Å². The number of aromatic nitrogens is 2. The van der Waals surface area contributed by atoms with Gasteiger partial charge in [-0.15, -0.1) is 0 Å². The molecule has 1 N–H and O–H groups in total. The van der Waals surface area contributed by atoms with Crippen molar-refractivity contribution in [3.8, 4) is 17.2 Å². The van der Waals surface area contributed by atoms with E-state index in [4.69, 9.17) is 14.2 Å². The summed E-state index contributed by atoms with van der Waals surface area (Å²) in [6, 6.07) is 3.78. The van der Waals surface area contributed by atoms with Crippen molar-refractivity contribution in [3.05, 3.63) is 29.0 Å². The normalized spacial score (nSPS) is 16.4. The van der Waals surface area contributed by atoms with Crippen LogP contribution < -0.4 is 19.5 Å². The standard InChI is InChI=1S/C17H21N3O4/c1-9-15-11(8-14(21)18-17(15)20(2)19-9)10-6-12(22-3)16(24-5)13(7-10)23-4/h6-7,11H,8H2,1-5H3,(H,18,21)/t11-/m0/s1. The second-order valence-electron chi connectivity index (χ2n) is 5.73. The molecule has 2 heterocycles. The van der Waals surface area contributed by atoms with Crippen LogP contribution in [0.5, 0.6) is 17.2 Å². The number of nitrogens with zero attached hydrogens (tertiary/aromatic N) is 2. The van der Waals surface area contributed by atoms with Gasteiger partial charge in [0, 0.05) is 24.9 Å². The van der Waals surface area contributed by atoms with Crippen molar-refractivity contribution in [2.24, 2.45) is 7.05 Å². The molecule has 0 saturated heterocycles. The van der Waals surface area contributed by atoms with Gasteiger partial charge in [-0.1, -0.05) is 0 Å². The fourth-order valence-electron chi connectivity index (χ4n) is 3.30. The van der Waals surface area contributed by atoms with Crippen LogP contribution in [-0.2, 0) is 11.8 Å². The SMILES string of the molecule is COc1cc([C@@H]2CC(=O)Nc3c2c(C)nn3C)cc(OC)c1OC. The highest BCUT2D eigenvalue weighted by atomic mass is 16.5. The zero-order valence-electron chi connectivity index (χ0n) is 14.5. The van der Waals surface area contributed by atoms with E-state index in [2.05, 4.69) is 10.4 Å². The highest BCUT2D eigenvalue weighted by Crippen LogP contribution is 2.45. The van der Waals surface area contributed by atoms with Crippen LogP contribution in [0.25, 0.3) is 0 Å². The molecule has 0 fully saturated rings. The van der Waals surface area contributed by atoms with E-state index < -0.39 is 0 Å². The molecule has 1 aliphatic rings. The monoisotopic (exact) mass is 331 g/mol.